The maximum Gasteiger partial charge on any atom is 0.419 e. The summed E-state index contributed by atoms with van der Waals surface area (Å²) < 4.78 is 37.5. The van der Waals surface area contributed by atoms with Gasteiger partial charge in [-0.1, -0.05) is 6.08 Å². The van der Waals surface area contributed by atoms with Gasteiger partial charge in [0.15, 0.2) is 0 Å². The molecule has 0 amide bonds. The number of rotatable bonds is 3. The van der Waals surface area contributed by atoms with Crippen LogP contribution in [0, 0.1) is 0 Å². The number of alkyl halides is 3. The van der Waals surface area contributed by atoms with E-state index in [0.29, 0.717) is 6.20 Å². The lowest BCUT2D eigenvalue weighted by molar-refractivity contribution is -0.137. The molecule has 1 aromatic heterocycles. The molecule has 7 heteroatoms. The molecule has 1 aromatic rings. The van der Waals surface area contributed by atoms with Gasteiger partial charge < -0.3 is 5.11 Å². The first kappa shape index (κ1) is 12.3. The fraction of sp³-hybridized carbons (Fsp3) is 0.333. The molecular weight excluding hydrogens is 225 g/mol. The molecule has 0 saturated carbocycles. The third-order valence-corrected chi connectivity index (χ3v) is 1.88. The van der Waals surface area contributed by atoms with Gasteiger partial charge in [0, 0.05) is 11.8 Å². The van der Waals surface area contributed by atoms with Crippen LogP contribution in [0.4, 0.5) is 13.2 Å². The number of carbonyl (C=O) groups is 1. The number of allylic oxidation sites excluding steroid dienone is 1. The van der Waals surface area contributed by atoms with Crippen molar-refractivity contribution in [2.24, 2.45) is 0 Å². The van der Waals surface area contributed by atoms with E-state index in [-0.39, 0.29) is 12.1 Å². The van der Waals surface area contributed by atoms with Gasteiger partial charge in [0.25, 0.3) is 0 Å². The highest BCUT2D eigenvalue weighted by molar-refractivity contribution is 5.85. The largest absolute Gasteiger partial charge is 0.478 e. The first-order valence-electron chi connectivity index (χ1n) is 4.30. The Balaban J connectivity index is 2.74. The maximum absolute atomic E-state index is 12.2. The van der Waals surface area contributed by atoms with Crippen molar-refractivity contribution in [2.75, 3.05) is 0 Å². The molecule has 0 fully saturated rings. The molecule has 0 atom stereocenters. The molecule has 0 unspecified atom stereocenters. The zero-order valence-electron chi connectivity index (χ0n) is 8.32. The molecule has 88 valence electrons. The van der Waals surface area contributed by atoms with Gasteiger partial charge in [0.1, 0.15) is 0 Å². The lowest BCUT2D eigenvalue weighted by Crippen LogP contribution is -2.03. The van der Waals surface area contributed by atoms with Gasteiger partial charge in [-0.05, 0) is 6.92 Å². The summed E-state index contributed by atoms with van der Waals surface area (Å²) in [6.45, 7) is 1.35. The van der Waals surface area contributed by atoms with Gasteiger partial charge >= 0.3 is 12.1 Å². The normalized spacial score (nSPS) is 12.9. The number of nitrogens with zero attached hydrogens (tertiary/aromatic N) is 2. The molecule has 0 aliphatic rings. The Labute approximate surface area is 89.0 Å². The molecule has 0 bridgehead atoms. The van der Waals surface area contributed by atoms with Crippen LogP contribution in [-0.2, 0) is 17.5 Å². The van der Waals surface area contributed by atoms with E-state index in [1.54, 1.807) is 0 Å². The number of halogens is 3. The molecule has 0 aromatic carbocycles. The molecule has 0 aliphatic carbocycles. The smallest absolute Gasteiger partial charge is 0.419 e. The van der Waals surface area contributed by atoms with E-state index >= 15 is 0 Å². The van der Waals surface area contributed by atoms with Gasteiger partial charge in [-0.2, -0.15) is 18.3 Å². The quantitative estimate of drug-likeness (QED) is 0.813. The SMILES string of the molecule is CC(=CCn1cc(C(F)(F)F)cn1)C(=O)O. The van der Waals surface area contributed by atoms with Gasteiger partial charge in [0.2, 0.25) is 0 Å². The second-order valence-corrected chi connectivity index (χ2v) is 3.14. The summed E-state index contributed by atoms with van der Waals surface area (Å²) in [5.41, 5.74) is -0.794. The Kier molecular flexibility index (Phi) is 3.36. The monoisotopic (exact) mass is 234 g/mol. The highest BCUT2D eigenvalue weighted by Gasteiger charge is 2.31. The first-order chi connectivity index (χ1) is 7.30. The lowest BCUT2D eigenvalue weighted by Gasteiger charge is -2.00. The number of hydrogen-bond acceptors (Lipinski definition) is 2. The molecule has 0 saturated heterocycles. The Bertz CT molecular complexity index is 421. The van der Waals surface area contributed by atoms with E-state index < -0.39 is 17.7 Å². The van der Waals surface area contributed by atoms with Gasteiger partial charge in [0.05, 0.1) is 18.3 Å². The lowest BCUT2D eigenvalue weighted by atomic mass is 10.3. The van der Waals surface area contributed by atoms with E-state index in [2.05, 4.69) is 5.10 Å². The van der Waals surface area contributed by atoms with Crippen LogP contribution in [0.1, 0.15) is 12.5 Å². The molecule has 1 heterocycles. The predicted octanol–water partition coefficient (Wildman–Crippen LogP) is 1.93. The summed E-state index contributed by atoms with van der Waals surface area (Å²) in [5, 5.41) is 12.0. The van der Waals surface area contributed by atoms with Crippen LogP contribution in [0.15, 0.2) is 24.0 Å². The number of carboxylic acid groups (broad SMARTS) is 1. The molecule has 1 rings (SSSR count). The standard InChI is InChI=1S/C9H9F3N2O2/c1-6(8(15)16)2-3-14-5-7(4-13-14)9(10,11)12/h2,4-5H,3H2,1H3,(H,15,16). The fourth-order valence-corrected chi connectivity index (χ4v) is 0.928. The summed E-state index contributed by atoms with van der Waals surface area (Å²) in [6, 6.07) is 0. The van der Waals surface area contributed by atoms with Gasteiger partial charge in [-0.25, -0.2) is 4.79 Å². The maximum atomic E-state index is 12.2. The second kappa shape index (κ2) is 4.38. The Hall–Kier alpha value is -1.79. The highest BCUT2D eigenvalue weighted by atomic mass is 19.4. The molecular formula is C9H9F3N2O2. The van der Waals surface area contributed by atoms with Crippen molar-refractivity contribution in [2.45, 2.75) is 19.6 Å². The fourth-order valence-electron chi connectivity index (χ4n) is 0.928. The van der Waals surface area contributed by atoms with Crippen molar-refractivity contribution in [3.8, 4) is 0 Å². The van der Waals surface area contributed by atoms with E-state index in [9.17, 15) is 18.0 Å². The van der Waals surface area contributed by atoms with E-state index in [1.807, 2.05) is 0 Å². The summed E-state index contributed by atoms with van der Waals surface area (Å²) in [6.07, 6.45) is -1.62. The Morgan fingerprint density at radius 3 is 2.69 bits per heavy atom. The summed E-state index contributed by atoms with van der Waals surface area (Å²) >= 11 is 0. The molecule has 4 nitrogen and oxygen atoms in total. The summed E-state index contributed by atoms with van der Waals surface area (Å²) in [5.74, 6) is -1.11. The van der Waals surface area contributed by atoms with E-state index in [0.717, 1.165) is 10.9 Å². The highest BCUT2D eigenvalue weighted by Crippen LogP contribution is 2.28. The topological polar surface area (TPSA) is 55.1 Å². The van der Waals surface area contributed by atoms with Crippen molar-refractivity contribution in [1.82, 2.24) is 9.78 Å². The van der Waals surface area contributed by atoms with Gasteiger partial charge in [-0.3, -0.25) is 4.68 Å². The predicted molar refractivity (Wildman–Crippen MR) is 48.6 cm³/mol. The molecule has 16 heavy (non-hydrogen) atoms. The first-order valence-corrected chi connectivity index (χ1v) is 4.30. The molecule has 0 aliphatic heterocycles. The number of aromatic nitrogens is 2. The molecule has 0 radical (unpaired) electrons. The van der Waals surface area contributed by atoms with Crippen LogP contribution in [0.2, 0.25) is 0 Å². The van der Waals surface area contributed by atoms with Crippen molar-refractivity contribution < 1.29 is 23.1 Å². The average molecular weight is 234 g/mol. The summed E-state index contributed by atoms with van der Waals surface area (Å²) in [4.78, 5) is 10.4. The molecule has 0 spiro atoms. The number of carboxylic acids is 1. The Morgan fingerprint density at radius 2 is 2.25 bits per heavy atom. The minimum Gasteiger partial charge on any atom is -0.478 e. The van der Waals surface area contributed by atoms with E-state index in [4.69, 9.17) is 5.11 Å². The van der Waals surface area contributed by atoms with Gasteiger partial charge in [-0.15, -0.1) is 0 Å². The Morgan fingerprint density at radius 1 is 1.62 bits per heavy atom. The minimum atomic E-state index is -4.43. The second-order valence-electron chi connectivity index (χ2n) is 3.14. The van der Waals surface area contributed by atoms with E-state index in [1.165, 1.54) is 13.0 Å². The van der Waals surface area contributed by atoms with Crippen LogP contribution in [0.5, 0.6) is 0 Å². The third kappa shape index (κ3) is 3.11. The zero-order valence-corrected chi connectivity index (χ0v) is 8.32. The van der Waals surface area contributed by atoms with Crippen LogP contribution >= 0.6 is 0 Å². The average Bonchev–Trinajstić information content (AvgIpc) is 2.61. The minimum absolute atomic E-state index is 0.00574. The zero-order chi connectivity index (χ0) is 12.3. The molecule has 1 N–H and O–H groups in total. The van der Waals surface area contributed by atoms with Crippen LogP contribution in [0.25, 0.3) is 0 Å². The summed E-state index contributed by atoms with van der Waals surface area (Å²) in [7, 11) is 0. The van der Waals surface area contributed by atoms with Crippen molar-refractivity contribution >= 4 is 5.97 Å². The van der Waals surface area contributed by atoms with Crippen molar-refractivity contribution in [1.29, 1.82) is 0 Å². The van der Waals surface area contributed by atoms with Crippen LogP contribution in [0.3, 0.4) is 0 Å². The number of hydrogen-bond donors (Lipinski definition) is 1. The third-order valence-electron chi connectivity index (χ3n) is 1.88. The van der Waals surface area contributed by atoms with Crippen molar-refractivity contribution in [3.05, 3.63) is 29.6 Å². The number of aliphatic carboxylic acids is 1. The van der Waals surface area contributed by atoms with Crippen LogP contribution in [-0.4, -0.2) is 20.9 Å². The van der Waals surface area contributed by atoms with Crippen molar-refractivity contribution in [3.63, 3.8) is 0 Å². The van der Waals surface area contributed by atoms with Crippen LogP contribution < -0.4 is 0 Å².